The van der Waals surface area contributed by atoms with Gasteiger partial charge in [-0.1, -0.05) is 41.6 Å². The average Bonchev–Trinajstić information content (AvgIpc) is 2.97. The number of amides is 1. The number of thioether (sulfide) groups is 1. The molecule has 1 heterocycles. The molecule has 6 nitrogen and oxygen atoms in total. The first kappa shape index (κ1) is 18.2. The van der Waals surface area contributed by atoms with Gasteiger partial charge < -0.3 is 11.2 Å². The van der Waals surface area contributed by atoms with E-state index in [4.69, 9.17) is 17.4 Å². The Labute approximate surface area is 156 Å². The largest absolute Gasteiger partial charge is 0.335 e. The van der Waals surface area contributed by atoms with Crippen LogP contribution in [-0.2, 0) is 4.79 Å². The summed E-state index contributed by atoms with van der Waals surface area (Å²) in [6.07, 6.45) is 0. The lowest BCUT2D eigenvalue weighted by Gasteiger charge is -2.07. The fraction of sp³-hybridized carbons (Fsp3) is 0.0625. The lowest BCUT2D eigenvalue weighted by Crippen LogP contribution is -2.17. The molecular weight excluding hydrogens is 384 g/mol. The Morgan fingerprint density at radius 3 is 2.58 bits per heavy atom. The van der Waals surface area contributed by atoms with Crippen LogP contribution in [0.1, 0.15) is 0 Å². The number of hydrogen-bond donors (Lipinski definition) is 2. The Morgan fingerprint density at radius 2 is 1.88 bits per heavy atom. The van der Waals surface area contributed by atoms with E-state index in [9.17, 15) is 13.6 Å². The first-order chi connectivity index (χ1) is 12.5. The second-order valence-corrected chi connectivity index (χ2v) is 6.50. The minimum atomic E-state index is -0.853. The number of carbonyl (C=O) groups excluding carboxylic acids is 1. The second-order valence-electron chi connectivity index (χ2n) is 5.12. The number of hydrogen-bond acceptors (Lipinski definition) is 5. The minimum Gasteiger partial charge on any atom is -0.335 e. The maximum Gasteiger partial charge on any atom is 0.235 e. The average molecular weight is 396 g/mol. The summed E-state index contributed by atoms with van der Waals surface area (Å²) < 4.78 is 28.3. The molecule has 0 spiro atoms. The maximum atomic E-state index is 13.5. The zero-order valence-electron chi connectivity index (χ0n) is 13.1. The summed E-state index contributed by atoms with van der Waals surface area (Å²) >= 11 is 6.92. The first-order valence-electron chi connectivity index (χ1n) is 7.29. The summed E-state index contributed by atoms with van der Waals surface area (Å²) in [5.74, 6) is 3.85. The van der Waals surface area contributed by atoms with E-state index < -0.39 is 23.2 Å². The number of nitrogens with one attached hydrogen (secondary N) is 1. The number of para-hydroxylation sites is 1. The molecule has 3 aromatic rings. The number of nitrogens with zero attached hydrogens (tertiary/aromatic N) is 3. The molecule has 0 bridgehead atoms. The first-order valence-corrected chi connectivity index (χ1v) is 8.65. The molecule has 10 heteroatoms. The van der Waals surface area contributed by atoms with Crippen LogP contribution >= 0.6 is 23.4 Å². The highest BCUT2D eigenvalue weighted by molar-refractivity contribution is 7.99. The molecule has 0 saturated carbocycles. The number of nitrogen functional groups attached to an aromatic ring is 1. The number of rotatable bonds is 5. The molecule has 0 atom stereocenters. The van der Waals surface area contributed by atoms with E-state index in [1.165, 1.54) is 10.7 Å². The number of halogens is 3. The summed E-state index contributed by atoms with van der Waals surface area (Å²) in [4.78, 5) is 11.9. The van der Waals surface area contributed by atoms with Gasteiger partial charge in [0.05, 0.1) is 5.75 Å². The van der Waals surface area contributed by atoms with E-state index in [1.807, 2.05) is 0 Å². The lowest BCUT2D eigenvalue weighted by atomic mass is 10.2. The summed E-state index contributed by atoms with van der Waals surface area (Å²) in [7, 11) is 0. The van der Waals surface area contributed by atoms with E-state index in [-0.39, 0.29) is 10.9 Å². The van der Waals surface area contributed by atoms with Gasteiger partial charge in [-0.2, -0.15) is 0 Å². The normalized spacial score (nSPS) is 10.7. The Bertz CT molecular complexity index is 945. The third-order valence-electron chi connectivity index (χ3n) is 3.31. The van der Waals surface area contributed by atoms with Crippen molar-refractivity contribution in [3.63, 3.8) is 0 Å². The highest BCUT2D eigenvalue weighted by atomic mass is 35.5. The Hall–Kier alpha value is -2.65. The van der Waals surface area contributed by atoms with Crippen molar-refractivity contribution in [2.45, 2.75) is 5.16 Å². The SMILES string of the molecule is Nn1c(SCC(=O)Nc2c(F)cccc2F)nnc1-c1cccc(Cl)c1. The van der Waals surface area contributed by atoms with Gasteiger partial charge in [0.1, 0.15) is 17.3 Å². The minimum absolute atomic E-state index is 0.154. The van der Waals surface area contributed by atoms with Crippen molar-refractivity contribution in [3.8, 4) is 11.4 Å². The zero-order chi connectivity index (χ0) is 18.7. The molecule has 0 aliphatic heterocycles. The lowest BCUT2D eigenvalue weighted by molar-refractivity contribution is -0.113. The van der Waals surface area contributed by atoms with Crippen molar-refractivity contribution in [3.05, 3.63) is 59.1 Å². The fourth-order valence-electron chi connectivity index (χ4n) is 2.12. The molecule has 3 rings (SSSR count). The van der Waals surface area contributed by atoms with Gasteiger partial charge in [0.2, 0.25) is 11.1 Å². The summed E-state index contributed by atoms with van der Waals surface area (Å²) in [6, 6.07) is 10.2. The van der Waals surface area contributed by atoms with E-state index in [2.05, 4.69) is 15.5 Å². The number of anilines is 1. The van der Waals surface area contributed by atoms with Crippen molar-refractivity contribution in [2.75, 3.05) is 16.9 Å². The predicted octanol–water partition coefficient (Wildman–Crippen LogP) is 3.32. The molecule has 0 radical (unpaired) electrons. The van der Waals surface area contributed by atoms with Gasteiger partial charge in [-0.05, 0) is 24.3 Å². The molecule has 0 fully saturated rings. The van der Waals surface area contributed by atoms with Crippen LogP contribution in [0.5, 0.6) is 0 Å². The fourth-order valence-corrected chi connectivity index (χ4v) is 2.97. The second kappa shape index (κ2) is 7.71. The maximum absolute atomic E-state index is 13.5. The summed E-state index contributed by atoms with van der Waals surface area (Å²) in [5, 5.41) is 10.9. The molecule has 0 aliphatic carbocycles. The standard InChI is InChI=1S/C16H12ClF2N5OS/c17-10-4-1-3-9(7-10)15-22-23-16(24(15)20)26-8-13(25)21-14-11(18)5-2-6-12(14)19/h1-7H,8,20H2,(H,21,25). The Kier molecular flexibility index (Phi) is 5.38. The van der Waals surface area contributed by atoms with E-state index in [0.29, 0.717) is 16.4 Å². The summed E-state index contributed by atoms with van der Waals surface area (Å²) in [6.45, 7) is 0. The predicted molar refractivity (Wildman–Crippen MR) is 96.3 cm³/mol. The van der Waals surface area contributed by atoms with Gasteiger partial charge in [0, 0.05) is 10.6 Å². The monoisotopic (exact) mass is 395 g/mol. The number of carbonyl (C=O) groups is 1. The van der Waals surface area contributed by atoms with Gasteiger partial charge in [-0.3, -0.25) is 4.79 Å². The van der Waals surface area contributed by atoms with Crippen LogP contribution in [0, 0.1) is 11.6 Å². The van der Waals surface area contributed by atoms with Crippen LogP contribution < -0.4 is 11.2 Å². The molecule has 1 aromatic heterocycles. The van der Waals surface area contributed by atoms with Gasteiger partial charge in [-0.25, -0.2) is 13.5 Å². The van der Waals surface area contributed by atoms with Gasteiger partial charge >= 0.3 is 0 Å². The quantitative estimate of drug-likeness (QED) is 0.511. The molecule has 26 heavy (non-hydrogen) atoms. The smallest absolute Gasteiger partial charge is 0.235 e. The third kappa shape index (κ3) is 3.94. The van der Waals surface area contributed by atoms with Crippen LogP contribution in [-0.4, -0.2) is 26.5 Å². The van der Waals surface area contributed by atoms with Crippen LogP contribution in [0.4, 0.5) is 14.5 Å². The topological polar surface area (TPSA) is 85.8 Å². The van der Waals surface area contributed by atoms with E-state index in [1.54, 1.807) is 24.3 Å². The highest BCUT2D eigenvalue weighted by Crippen LogP contribution is 2.24. The van der Waals surface area contributed by atoms with Crippen molar-refractivity contribution in [2.24, 2.45) is 0 Å². The van der Waals surface area contributed by atoms with Crippen LogP contribution in [0.2, 0.25) is 5.02 Å². The van der Waals surface area contributed by atoms with Crippen molar-refractivity contribution in [1.29, 1.82) is 0 Å². The third-order valence-corrected chi connectivity index (χ3v) is 4.49. The molecule has 0 aliphatic rings. The van der Waals surface area contributed by atoms with Crippen molar-refractivity contribution < 1.29 is 13.6 Å². The van der Waals surface area contributed by atoms with E-state index in [0.717, 1.165) is 23.9 Å². The zero-order valence-corrected chi connectivity index (χ0v) is 14.7. The van der Waals surface area contributed by atoms with Gasteiger partial charge in [-0.15, -0.1) is 10.2 Å². The molecule has 134 valence electrons. The molecule has 2 aromatic carbocycles. The molecule has 0 saturated heterocycles. The highest BCUT2D eigenvalue weighted by Gasteiger charge is 2.16. The van der Waals surface area contributed by atoms with Crippen LogP contribution in [0.3, 0.4) is 0 Å². The molecule has 3 N–H and O–H groups in total. The van der Waals surface area contributed by atoms with Gasteiger partial charge in [0.15, 0.2) is 5.82 Å². The number of benzene rings is 2. The molecular formula is C16H12ClF2N5OS. The number of aromatic nitrogens is 3. The van der Waals surface area contributed by atoms with Gasteiger partial charge in [0.25, 0.3) is 0 Å². The Balaban J connectivity index is 1.68. The number of nitrogens with two attached hydrogens (primary N) is 1. The van der Waals surface area contributed by atoms with Crippen molar-refractivity contribution in [1.82, 2.24) is 14.9 Å². The summed E-state index contributed by atoms with van der Waals surface area (Å²) in [5.41, 5.74) is 0.171. The van der Waals surface area contributed by atoms with E-state index >= 15 is 0 Å². The van der Waals surface area contributed by atoms with Crippen molar-refractivity contribution >= 4 is 35.0 Å². The van der Waals surface area contributed by atoms with Crippen LogP contribution in [0.15, 0.2) is 47.6 Å². The Morgan fingerprint density at radius 1 is 1.19 bits per heavy atom. The van der Waals surface area contributed by atoms with Crippen LogP contribution in [0.25, 0.3) is 11.4 Å². The molecule has 1 amide bonds. The molecule has 0 unspecified atom stereocenters.